The van der Waals surface area contributed by atoms with Gasteiger partial charge in [0.15, 0.2) is 0 Å². The number of hydrogen-bond acceptors (Lipinski definition) is 1. The van der Waals surface area contributed by atoms with Crippen molar-refractivity contribution in [1.82, 2.24) is 9.88 Å². The van der Waals surface area contributed by atoms with Crippen LogP contribution in [0.1, 0.15) is 11.3 Å². The Bertz CT molecular complexity index is 623. The van der Waals surface area contributed by atoms with E-state index in [0.29, 0.717) is 13.1 Å². The molecule has 0 aliphatic carbocycles. The number of aromatic nitrogens is 1. The van der Waals surface area contributed by atoms with Crippen molar-refractivity contribution < 1.29 is 9.18 Å². The van der Waals surface area contributed by atoms with E-state index in [1.54, 1.807) is 17.0 Å². The summed E-state index contributed by atoms with van der Waals surface area (Å²) in [5.74, 6) is -0.291. The largest absolute Gasteiger partial charge is 0.357 e. The predicted octanol–water partition coefficient (Wildman–Crippen LogP) is 2.43. The van der Waals surface area contributed by atoms with Crippen LogP contribution >= 0.6 is 11.6 Å². The molecular weight excluding hydrogens is 255 g/mol. The minimum absolute atomic E-state index is 0.00416. The molecule has 1 aromatic heterocycles. The van der Waals surface area contributed by atoms with Gasteiger partial charge >= 0.3 is 0 Å². The van der Waals surface area contributed by atoms with Crippen molar-refractivity contribution in [3.8, 4) is 0 Å². The molecule has 0 radical (unpaired) electrons. The van der Waals surface area contributed by atoms with Gasteiger partial charge in [-0.05, 0) is 30.2 Å². The van der Waals surface area contributed by atoms with E-state index in [2.05, 4.69) is 4.98 Å². The Balaban J connectivity index is 2.02. The molecule has 0 saturated heterocycles. The maximum absolute atomic E-state index is 13.2. The number of fused-ring (bicyclic) bond motifs is 3. The van der Waals surface area contributed by atoms with E-state index < -0.39 is 0 Å². The first-order chi connectivity index (χ1) is 8.69. The highest BCUT2D eigenvalue weighted by atomic mass is 35.5. The maximum atomic E-state index is 13.2. The Morgan fingerprint density at radius 1 is 1.50 bits per heavy atom. The van der Waals surface area contributed by atoms with E-state index in [0.717, 1.165) is 28.6 Å². The zero-order valence-electron chi connectivity index (χ0n) is 9.67. The second-order valence-electron chi connectivity index (χ2n) is 4.47. The lowest BCUT2D eigenvalue weighted by molar-refractivity contribution is -0.129. The Kier molecular flexibility index (Phi) is 2.74. The summed E-state index contributed by atoms with van der Waals surface area (Å²) in [6.07, 6.45) is 0.738. The van der Waals surface area contributed by atoms with Crippen molar-refractivity contribution in [2.75, 3.05) is 12.4 Å². The van der Waals surface area contributed by atoms with Gasteiger partial charge in [-0.1, -0.05) is 0 Å². The number of hydrogen-bond donors (Lipinski definition) is 1. The Labute approximate surface area is 109 Å². The zero-order chi connectivity index (χ0) is 12.7. The van der Waals surface area contributed by atoms with Crippen LogP contribution in [0.25, 0.3) is 10.9 Å². The van der Waals surface area contributed by atoms with Crippen LogP contribution in [0.4, 0.5) is 4.39 Å². The van der Waals surface area contributed by atoms with Crippen LogP contribution in [0, 0.1) is 5.82 Å². The molecule has 0 spiro atoms. The fourth-order valence-electron chi connectivity index (χ4n) is 2.51. The molecule has 18 heavy (non-hydrogen) atoms. The van der Waals surface area contributed by atoms with Crippen LogP contribution in [0.15, 0.2) is 18.2 Å². The molecule has 0 fully saturated rings. The summed E-state index contributed by atoms with van der Waals surface area (Å²) in [6, 6.07) is 4.71. The number of H-pyrrole nitrogens is 1. The average Bonchev–Trinajstić information content (AvgIpc) is 2.74. The number of nitrogens with zero attached hydrogens (tertiary/aromatic N) is 1. The predicted molar refractivity (Wildman–Crippen MR) is 68.1 cm³/mol. The third-order valence-corrected chi connectivity index (χ3v) is 3.63. The van der Waals surface area contributed by atoms with Gasteiger partial charge in [0.2, 0.25) is 5.91 Å². The van der Waals surface area contributed by atoms with E-state index in [9.17, 15) is 9.18 Å². The van der Waals surface area contributed by atoms with Crippen LogP contribution in [0.5, 0.6) is 0 Å². The summed E-state index contributed by atoms with van der Waals surface area (Å²) in [5, 5.41) is 0.919. The van der Waals surface area contributed by atoms with Gasteiger partial charge in [0, 0.05) is 23.1 Å². The summed E-state index contributed by atoms with van der Waals surface area (Å²) in [5.41, 5.74) is 3.02. The van der Waals surface area contributed by atoms with E-state index in [1.807, 2.05) is 0 Å². The van der Waals surface area contributed by atoms with Crippen molar-refractivity contribution >= 4 is 28.4 Å². The molecule has 3 nitrogen and oxygen atoms in total. The Morgan fingerprint density at radius 2 is 2.33 bits per heavy atom. The highest BCUT2D eigenvalue weighted by molar-refractivity contribution is 6.27. The van der Waals surface area contributed by atoms with Gasteiger partial charge in [-0.3, -0.25) is 4.79 Å². The van der Waals surface area contributed by atoms with E-state index in [-0.39, 0.29) is 17.6 Å². The second kappa shape index (κ2) is 4.28. The molecule has 1 aliphatic heterocycles. The summed E-state index contributed by atoms with van der Waals surface area (Å²) in [6.45, 7) is 1.17. The lowest BCUT2D eigenvalue weighted by atomic mass is 10.0. The number of benzene rings is 1. The third kappa shape index (κ3) is 1.77. The first kappa shape index (κ1) is 11.5. The van der Waals surface area contributed by atoms with Crippen molar-refractivity contribution in [3.63, 3.8) is 0 Å². The lowest BCUT2D eigenvalue weighted by Gasteiger charge is -2.26. The van der Waals surface area contributed by atoms with Gasteiger partial charge in [0.05, 0.1) is 6.54 Å². The van der Waals surface area contributed by atoms with Crippen LogP contribution in [-0.4, -0.2) is 28.2 Å². The molecule has 0 atom stereocenters. The van der Waals surface area contributed by atoms with Gasteiger partial charge < -0.3 is 9.88 Å². The quantitative estimate of drug-likeness (QED) is 0.791. The Hall–Kier alpha value is -1.55. The highest BCUT2D eigenvalue weighted by Crippen LogP contribution is 2.28. The summed E-state index contributed by atoms with van der Waals surface area (Å²) >= 11 is 5.56. The van der Waals surface area contributed by atoms with E-state index >= 15 is 0 Å². The molecule has 1 N–H and O–H groups in total. The molecule has 2 aromatic rings. The monoisotopic (exact) mass is 266 g/mol. The molecule has 1 aliphatic rings. The fourth-order valence-corrected chi connectivity index (χ4v) is 2.68. The molecular formula is C13H12ClFN2O. The standard InChI is InChI=1S/C13H12ClFN2O/c14-6-13(18)17-4-3-9-10-5-8(15)1-2-11(10)16-12(9)7-17/h1-2,5,16H,3-4,6-7H2. The highest BCUT2D eigenvalue weighted by Gasteiger charge is 2.23. The van der Waals surface area contributed by atoms with Gasteiger partial charge in [-0.25, -0.2) is 4.39 Å². The molecule has 3 rings (SSSR count). The topological polar surface area (TPSA) is 36.1 Å². The lowest BCUT2D eigenvalue weighted by Crippen LogP contribution is -2.36. The Morgan fingerprint density at radius 3 is 3.11 bits per heavy atom. The van der Waals surface area contributed by atoms with Gasteiger partial charge in [-0.15, -0.1) is 11.6 Å². The molecule has 0 unspecified atom stereocenters. The molecule has 1 amide bonds. The summed E-state index contributed by atoms with van der Waals surface area (Å²) in [7, 11) is 0. The van der Waals surface area contributed by atoms with E-state index in [4.69, 9.17) is 11.6 Å². The van der Waals surface area contributed by atoms with Gasteiger partial charge in [0.25, 0.3) is 0 Å². The molecule has 0 saturated carbocycles. The molecule has 2 heterocycles. The number of carbonyl (C=O) groups is 1. The number of alkyl halides is 1. The molecule has 1 aromatic carbocycles. The number of rotatable bonds is 1. The number of halogens is 2. The number of carbonyl (C=O) groups excluding carboxylic acids is 1. The third-order valence-electron chi connectivity index (χ3n) is 3.40. The van der Waals surface area contributed by atoms with Crippen LogP contribution < -0.4 is 0 Å². The van der Waals surface area contributed by atoms with Crippen molar-refractivity contribution in [2.24, 2.45) is 0 Å². The smallest absolute Gasteiger partial charge is 0.237 e. The minimum Gasteiger partial charge on any atom is -0.357 e. The SMILES string of the molecule is O=C(CCl)N1CCc2c([nH]c3ccc(F)cc23)C1. The fraction of sp³-hybridized carbons (Fsp3) is 0.308. The van der Waals surface area contributed by atoms with Crippen molar-refractivity contribution in [2.45, 2.75) is 13.0 Å². The van der Waals surface area contributed by atoms with Crippen LogP contribution in [-0.2, 0) is 17.8 Å². The maximum Gasteiger partial charge on any atom is 0.237 e. The summed E-state index contributed by atoms with van der Waals surface area (Å²) < 4.78 is 13.2. The first-order valence-corrected chi connectivity index (χ1v) is 6.35. The van der Waals surface area contributed by atoms with Gasteiger partial charge in [0.1, 0.15) is 11.7 Å². The van der Waals surface area contributed by atoms with Crippen LogP contribution in [0.3, 0.4) is 0 Å². The van der Waals surface area contributed by atoms with Crippen molar-refractivity contribution in [3.05, 3.63) is 35.3 Å². The average molecular weight is 267 g/mol. The first-order valence-electron chi connectivity index (χ1n) is 5.82. The normalized spacial score (nSPS) is 14.9. The number of aromatic amines is 1. The zero-order valence-corrected chi connectivity index (χ0v) is 10.4. The number of nitrogens with one attached hydrogen (secondary N) is 1. The second-order valence-corrected chi connectivity index (χ2v) is 4.74. The van der Waals surface area contributed by atoms with Crippen LogP contribution in [0.2, 0.25) is 0 Å². The molecule has 94 valence electrons. The summed E-state index contributed by atoms with van der Waals surface area (Å²) in [4.78, 5) is 16.5. The number of amides is 1. The van der Waals surface area contributed by atoms with Crippen molar-refractivity contribution in [1.29, 1.82) is 0 Å². The minimum atomic E-state index is -0.233. The van der Waals surface area contributed by atoms with E-state index in [1.165, 1.54) is 6.07 Å². The molecule has 5 heteroatoms. The molecule has 0 bridgehead atoms. The van der Waals surface area contributed by atoms with Gasteiger partial charge in [-0.2, -0.15) is 0 Å².